The maximum Gasteiger partial charge on any atom is 0.178 e. The van der Waals surface area contributed by atoms with Gasteiger partial charge in [-0.05, 0) is 40.6 Å². The summed E-state index contributed by atoms with van der Waals surface area (Å²) >= 11 is 8.54. The molecule has 0 aliphatic heterocycles. The number of hydrogen-bond acceptors (Lipinski definition) is 2. The van der Waals surface area contributed by atoms with Crippen molar-refractivity contribution >= 4 is 39.2 Å². The monoisotopic (exact) mass is 346 g/mol. The van der Waals surface area contributed by atoms with Crippen LogP contribution in [0.15, 0.2) is 16.6 Å². The number of nitrogens with zero attached hydrogens (tertiary/aromatic N) is 1. The van der Waals surface area contributed by atoms with Gasteiger partial charge in [0.1, 0.15) is 5.82 Å². The van der Waals surface area contributed by atoms with Gasteiger partial charge in [-0.25, -0.2) is 4.39 Å². The fourth-order valence-electron chi connectivity index (χ4n) is 2.30. The van der Waals surface area contributed by atoms with E-state index in [0.717, 1.165) is 23.9 Å². The summed E-state index contributed by atoms with van der Waals surface area (Å²) in [5.41, 5.74) is 1.61. The van der Waals surface area contributed by atoms with Gasteiger partial charge in [-0.2, -0.15) is 0 Å². The summed E-state index contributed by atoms with van der Waals surface area (Å²) in [6, 6.07) is 3.34. The first kappa shape index (κ1) is 14.7. The molecule has 2 rings (SSSR count). The molecule has 0 spiro atoms. The molecule has 0 radical (unpaired) electrons. The van der Waals surface area contributed by atoms with Gasteiger partial charge in [-0.15, -0.1) is 0 Å². The lowest BCUT2D eigenvalue weighted by molar-refractivity contribution is 0.151. The van der Waals surface area contributed by atoms with Crippen LogP contribution in [0.3, 0.4) is 0 Å². The number of aromatic amines is 1. The van der Waals surface area contributed by atoms with E-state index < -0.39 is 0 Å². The number of nitrogens with one attached hydrogen (secondary N) is 1. The number of benzene rings is 1. The number of H-pyrrole nitrogens is 1. The number of rotatable bonds is 5. The molecule has 1 aromatic heterocycles. The first-order valence-electron chi connectivity index (χ1n) is 6.16. The minimum Gasteiger partial charge on any atom is -0.383 e. The molecule has 1 heterocycles. The number of fused-ring (bicyclic) bond motifs is 1. The summed E-state index contributed by atoms with van der Waals surface area (Å²) in [5.74, 6) is -0.289. The lowest BCUT2D eigenvalue weighted by Crippen LogP contribution is -2.14. The Balaban J connectivity index is 2.60. The average Bonchev–Trinajstić information content (AvgIpc) is 2.65. The van der Waals surface area contributed by atoms with Crippen LogP contribution in [0.5, 0.6) is 0 Å². The molecule has 0 aliphatic carbocycles. The van der Waals surface area contributed by atoms with Crippen molar-refractivity contribution in [2.45, 2.75) is 25.8 Å². The largest absolute Gasteiger partial charge is 0.383 e. The summed E-state index contributed by atoms with van der Waals surface area (Å²) in [4.78, 5) is 3.12. The second-order valence-corrected chi connectivity index (χ2v) is 5.72. The average molecular weight is 347 g/mol. The Labute approximate surface area is 124 Å². The zero-order valence-corrected chi connectivity index (χ0v) is 13.3. The van der Waals surface area contributed by atoms with Crippen LogP contribution >= 0.6 is 28.1 Å². The summed E-state index contributed by atoms with van der Waals surface area (Å²) in [7, 11) is 1.66. The van der Waals surface area contributed by atoms with E-state index in [2.05, 4.69) is 27.8 Å². The van der Waals surface area contributed by atoms with Gasteiger partial charge in [0.05, 0.1) is 28.2 Å². The smallest absolute Gasteiger partial charge is 0.178 e. The van der Waals surface area contributed by atoms with Crippen LogP contribution < -0.4 is 0 Å². The first-order chi connectivity index (χ1) is 9.08. The molecule has 104 valence electrons. The molecule has 0 saturated carbocycles. The van der Waals surface area contributed by atoms with E-state index in [-0.39, 0.29) is 11.9 Å². The first-order valence-corrected chi connectivity index (χ1v) is 7.36. The highest BCUT2D eigenvalue weighted by Crippen LogP contribution is 2.27. The zero-order valence-electron chi connectivity index (χ0n) is 10.9. The summed E-state index contributed by atoms with van der Waals surface area (Å²) in [6.07, 6.45) is 1.95. The SMILES string of the molecule is CCCC(COC)n1c(=S)[nH]c2cc(Br)c(F)cc21. The molecule has 2 aromatic rings. The number of aromatic nitrogens is 2. The van der Waals surface area contributed by atoms with Crippen molar-refractivity contribution in [2.24, 2.45) is 0 Å². The van der Waals surface area contributed by atoms with Gasteiger partial charge >= 0.3 is 0 Å². The van der Waals surface area contributed by atoms with E-state index in [1.807, 2.05) is 4.57 Å². The minimum atomic E-state index is -0.289. The Morgan fingerprint density at radius 1 is 1.53 bits per heavy atom. The standard InChI is InChI=1S/C13H16BrFN2OS/c1-3-4-8(7-18-2)17-12-6-10(15)9(14)5-11(12)16-13(17)19/h5-6,8H,3-4,7H2,1-2H3,(H,16,19). The third-order valence-electron chi connectivity index (χ3n) is 3.10. The number of halogens is 2. The topological polar surface area (TPSA) is 29.9 Å². The predicted molar refractivity (Wildman–Crippen MR) is 80.6 cm³/mol. The van der Waals surface area contributed by atoms with Crippen molar-refractivity contribution in [1.82, 2.24) is 9.55 Å². The molecule has 0 bridgehead atoms. The Hall–Kier alpha value is -0.720. The van der Waals surface area contributed by atoms with E-state index in [4.69, 9.17) is 17.0 Å². The quantitative estimate of drug-likeness (QED) is 0.802. The van der Waals surface area contributed by atoms with E-state index in [1.165, 1.54) is 6.07 Å². The van der Waals surface area contributed by atoms with Gasteiger partial charge in [0, 0.05) is 13.2 Å². The van der Waals surface area contributed by atoms with E-state index >= 15 is 0 Å². The molecule has 0 amide bonds. The van der Waals surface area contributed by atoms with Crippen LogP contribution in [0.2, 0.25) is 0 Å². The zero-order chi connectivity index (χ0) is 14.0. The number of ether oxygens (including phenoxy) is 1. The minimum absolute atomic E-state index is 0.122. The molecule has 19 heavy (non-hydrogen) atoms. The fraction of sp³-hybridized carbons (Fsp3) is 0.462. The third kappa shape index (κ3) is 2.90. The Morgan fingerprint density at radius 3 is 2.89 bits per heavy atom. The van der Waals surface area contributed by atoms with Crippen LogP contribution in [0.25, 0.3) is 11.0 Å². The molecule has 3 nitrogen and oxygen atoms in total. The highest BCUT2D eigenvalue weighted by molar-refractivity contribution is 9.10. The molecule has 1 aromatic carbocycles. The van der Waals surface area contributed by atoms with Gasteiger partial charge in [-0.1, -0.05) is 13.3 Å². The van der Waals surface area contributed by atoms with Gasteiger partial charge in [-0.3, -0.25) is 0 Å². The van der Waals surface area contributed by atoms with E-state index in [9.17, 15) is 4.39 Å². The van der Waals surface area contributed by atoms with Crippen LogP contribution in [-0.2, 0) is 4.74 Å². The maximum absolute atomic E-state index is 13.7. The fourth-order valence-corrected chi connectivity index (χ4v) is 3.00. The highest BCUT2D eigenvalue weighted by Gasteiger charge is 2.16. The van der Waals surface area contributed by atoms with Crippen LogP contribution in [-0.4, -0.2) is 23.3 Å². The van der Waals surface area contributed by atoms with Crippen LogP contribution in [0.4, 0.5) is 4.39 Å². The lowest BCUT2D eigenvalue weighted by Gasteiger charge is -2.18. The molecule has 6 heteroatoms. The molecule has 1 unspecified atom stereocenters. The van der Waals surface area contributed by atoms with Crippen molar-refractivity contribution < 1.29 is 9.13 Å². The Bertz CT molecular complexity index is 631. The third-order valence-corrected chi connectivity index (χ3v) is 4.01. The molecule has 1 atom stereocenters. The van der Waals surface area contributed by atoms with E-state index in [0.29, 0.717) is 15.9 Å². The summed E-state index contributed by atoms with van der Waals surface area (Å²) in [6.45, 7) is 2.67. The summed E-state index contributed by atoms with van der Waals surface area (Å²) < 4.78 is 22.0. The van der Waals surface area contributed by atoms with Crippen LogP contribution in [0.1, 0.15) is 25.8 Å². The summed E-state index contributed by atoms with van der Waals surface area (Å²) in [5, 5.41) is 0. The normalized spacial score (nSPS) is 13.1. The van der Waals surface area contributed by atoms with Crippen molar-refractivity contribution in [1.29, 1.82) is 0 Å². The second kappa shape index (κ2) is 6.15. The predicted octanol–water partition coefficient (Wildman–Crippen LogP) is 4.59. The molecule has 0 saturated heterocycles. The number of imidazole rings is 1. The van der Waals surface area contributed by atoms with Crippen molar-refractivity contribution in [3.63, 3.8) is 0 Å². The molecule has 0 aliphatic rings. The van der Waals surface area contributed by atoms with Gasteiger partial charge in [0.15, 0.2) is 4.77 Å². The van der Waals surface area contributed by atoms with Crippen molar-refractivity contribution in [3.05, 3.63) is 27.2 Å². The molecule has 1 N–H and O–H groups in total. The van der Waals surface area contributed by atoms with Gasteiger partial charge in [0.25, 0.3) is 0 Å². The Morgan fingerprint density at radius 2 is 2.26 bits per heavy atom. The highest BCUT2D eigenvalue weighted by atomic mass is 79.9. The molecule has 0 fully saturated rings. The molecular weight excluding hydrogens is 331 g/mol. The molecular formula is C13H16BrFN2OS. The maximum atomic E-state index is 13.7. The van der Waals surface area contributed by atoms with Crippen LogP contribution in [0, 0.1) is 10.6 Å². The van der Waals surface area contributed by atoms with E-state index in [1.54, 1.807) is 13.2 Å². The van der Waals surface area contributed by atoms with Gasteiger partial charge < -0.3 is 14.3 Å². The lowest BCUT2D eigenvalue weighted by atomic mass is 10.1. The van der Waals surface area contributed by atoms with Crippen molar-refractivity contribution in [2.75, 3.05) is 13.7 Å². The number of hydrogen-bond donors (Lipinski definition) is 1. The van der Waals surface area contributed by atoms with Gasteiger partial charge in [0.2, 0.25) is 0 Å². The number of methoxy groups -OCH3 is 1. The van der Waals surface area contributed by atoms with Crippen molar-refractivity contribution in [3.8, 4) is 0 Å². The second-order valence-electron chi connectivity index (χ2n) is 4.48. The Kier molecular flexibility index (Phi) is 4.76.